The average molecular weight is 409 g/mol. The molecule has 2 N–H and O–H groups in total. The molecular weight excluding hydrogens is 372 g/mol. The highest BCUT2D eigenvalue weighted by molar-refractivity contribution is 6.60. The van der Waals surface area contributed by atoms with Crippen LogP contribution in [0.2, 0.25) is 0 Å². The van der Waals surface area contributed by atoms with Crippen molar-refractivity contribution in [1.82, 2.24) is 10.6 Å². The van der Waals surface area contributed by atoms with E-state index in [-0.39, 0.29) is 22.2 Å². The number of carbonyl (C=O) groups excluding carboxylic acids is 2. The molecule has 0 aromatic carbocycles. The van der Waals surface area contributed by atoms with Gasteiger partial charge in [0, 0.05) is 47.8 Å². The number of esters is 2. The first kappa shape index (κ1) is 23.5. The third-order valence-corrected chi connectivity index (χ3v) is 5.34. The first-order chi connectivity index (χ1) is 13.0. The van der Waals surface area contributed by atoms with E-state index in [0.29, 0.717) is 25.7 Å². The van der Waals surface area contributed by atoms with Crippen LogP contribution >= 0.6 is 0 Å². The molecule has 2 heterocycles. The van der Waals surface area contributed by atoms with Crippen molar-refractivity contribution in [3.05, 3.63) is 5.53 Å². The molecule has 2 aliphatic rings. The van der Waals surface area contributed by atoms with E-state index < -0.39 is 29.9 Å². The minimum absolute atomic E-state index is 0.226. The van der Waals surface area contributed by atoms with E-state index in [2.05, 4.69) is 15.4 Å². The summed E-state index contributed by atoms with van der Waals surface area (Å²) >= 11 is 0. The molecule has 8 heteroatoms. The second-order valence-corrected chi connectivity index (χ2v) is 11.1. The molecule has 2 rings (SSSR count). The molecule has 0 amide bonds. The first-order valence-electron chi connectivity index (χ1n) is 10.3. The molecule has 0 aromatic rings. The standard InChI is InChI=1S/C21H36N4O4/c1-18(2)9-13(10-19(3,4)24-18)28-16(26)15(23-22)17(27)29-14-11-20(5,6)25-21(7,8)12-14/h13-14,24-25H,9-12H2,1-8H3. The number of carbonyl (C=O) groups is 2. The number of piperidine rings is 2. The number of nitrogens with one attached hydrogen (secondary N) is 2. The van der Waals surface area contributed by atoms with Gasteiger partial charge >= 0.3 is 17.7 Å². The van der Waals surface area contributed by atoms with Crippen molar-refractivity contribution in [1.29, 1.82) is 0 Å². The first-order valence-corrected chi connectivity index (χ1v) is 10.3. The summed E-state index contributed by atoms with van der Waals surface area (Å²) < 4.78 is 11.0. The van der Waals surface area contributed by atoms with Crippen molar-refractivity contribution < 1.29 is 23.9 Å². The Balaban J connectivity index is 2.04. The van der Waals surface area contributed by atoms with Crippen LogP contribution in [-0.4, -0.2) is 56.8 Å². The monoisotopic (exact) mass is 408 g/mol. The van der Waals surface area contributed by atoms with Crippen molar-refractivity contribution in [3.63, 3.8) is 0 Å². The molecule has 8 nitrogen and oxygen atoms in total. The van der Waals surface area contributed by atoms with E-state index in [1.54, 1.807) is 0 Å². The number of hydrogen-bond donors (Lipinski definition) is 2. The SMILES string of the molecule is CC1(C)CC(OC(=O)C(=[N+]=[N-])C(=O)OC2CC(C)(C)NC(C)(C)C2)CC(C)(C)N1. The zero-order chi connectivity index (χ0) is 22.3. The molecule has 0 spiro atoms. The fourth-order valence-corrected chi connectivity index (χ4v) is 5.20. The second kappa shape index (κ2) is 7.82. The maximum absolute atomic E-state index is 12.6. The molecule has 2 fully saturated rings. The van der Waals surface area contributed by atoms with Crippen molar-refractivity contribution in [2.24, 2.45) is 0 Å². The summed E-state index contributed by atoms with van der Waals surface area (Å²) in [5.41, 5.74) is 7.68. The molecule has 0 aromatic heterocycles. The normalized spacial score (nSPS) is 25.5. The fourth-order valence-electron chi connectivity index (χ4n) is 5.20. The maximum atomic E-state index is 12.6. The Morgan fingerprint density at radius 1 is 0.724 bits per heavy atom. The van der Waals surface area contributed by atoms with E-state index in [4.69, 9.17) is 9.47 Å². The highest BCUT2D eigenvalue weighted by Crippen LogP contribution is 2.31. The lowest BCUT2D eigenvalue weighted by Gasteiger charge is -2.45. The average Bonchev–Trinajstić information content (AvgIpc) is 2.40. The zero-order valence-electron chi connectivity index (χ0n) is 19.0. The summed E-state index contributed by atoms with van der Waals surface area (Å²) in [5.74, 6) is -1.91. The Morgan fingerprint density at radius 3 is 1.24 bits per heavy atom. The molecule has 0 bridgehead atoms. The lowest BCUT2D eigenvalue weighted by molar-refractivity contribution is -0.158. The van der Waals surface area contributed by atoms with Crippen molar-refractivity contribution in [2.45, 2.75) is 115 Å². The van der Waals surface area contributed by atoms with Gasteiger partial charge in [0.05, 0.1) is 0 Å². The highest BCUT2D eigenvalue weighted by Gasteiger charge is 2.45. The molecule has 2 aliphatic heterocycles. The van der Waals surface area contributed by atoms with E-state index >= 15 is 0 Å². The molecule has 0 saturated carbocycles. The van der Waals surface area contributed by atoms with Gasteiger partial charge < -0.3 is 25.6 Å². The van der Waals surface area contributed by atoms with Gasteiger partial charge in [0.25, 0.3) is 0 Å². The van der Waals surface area contributed by atoms with E-state index in [1.807, 2.05) is 55.4 Å². The topological polar surface area (TPSA) is 113 Å². The van der Waals surface area contributed by atoms with Crippen molar-refractivity contribution in [3.8, 4) is 0 Å². The quantitative estimate of drug-likeness (QED) is 0.243. The van der Waals surface area contributed by atoms with Crippen LogP contribution < -0.4 is 10.6 Å². The number of hydrogen-bond acceptors (Lipinski definition) is 6. The summed E-state index contributed by atoms with van der Waals surface area (Å²) in [7, 11) is 0. The third-order valence-electron chi connectivity index (χ3n) is 5.34. The molecule has 164 valence electrons. The molecular formula is C21H36N4O4. The zero-order valence-corrected chi connectivity index (χ0v) is 19.0. The second-order valence-electron chi connectivity index (χ2n) is 11.1. The van der Waals surface area contributed by atoms with Crippen molar-refractivity contribution in [2.75, 3.05) is 0 Å². The number of rotatable bonds is 4. The molecule has 0 aliphatic carbocycles. The summed E-state index contributed by atoms with van der Waals surface area (Å²) in [6, 6.07) is 0. The Hall–Kier alpha value is -1.76. The summed E-state index contributed by atoms with van der Waals surface area (Å²) in [5, 5.41) is 7.00. The van der Waals surface area contributed by atoms with Crippen LogP contribution in [-0.2, 0) is 19.1 Å². The summed E-state index contributed by atoms with van der Waals surface area (Å²) in [6.07, 6.45) is 1.57. The largest absolute Gasteiger partial charge is 0.482 e. The predicted octanol–water partition coefficient (Wildman–Crippen LogP) is 2.36. The summed E-state index contributed by atoms with van der Waals surface area (Å²) in [6.45, 7) is 16.3. The highest BCUT2D eigenvalue weighted by atomic mass is 16.6. The van der Waals surface area contributed by atoms with Crippen molar-refractivity contribution >= 4 is 17.7 Å². The minimum Gasteiger partial charge on any atom is -0.453 e. The van der Waals surface area contributed by atoms with Gasteiger partial charge in [-0.2, -0.15) is 4.79 Å². The van der Waals surface area contributed by atoms with E-state index in [0.717, 1.165) is 0 Å². The smallest absolute Gasteiger partial charge is 0.453 e. The van der Waals surface area contributed by atoms with Gasteiger partial charge in [-0.3, -0.25) is 0 Å². The molecule has 2 saturated heterocycles. The van der Waals surface area contributed by atoms with Gasteiger partial charge in [-0.1, -0.05) is 0 Å². The van der Waals surface area contributed by atoms with Gasteiger partial charge in [-0.25, -0.2) is 9.59 Å². The lowest BCUT2D eigenvalue weighted by Crippen LogP contribution is -2.60. The molecule has 0 unspecified atom stereocenters. The van der Waals surface area contributed by atoms with Crippen LogP contribution in [0.25, 0.3) is 5.53 Å². The minimum atomic E-state index is -0.955. The van der Waals surface area contributed by atoms with Gasteiger partial charge in [0.1, 0.15) is 12.2 Å². The van der Waals surface area contributed by atoms with E-state index in [9.17, 15) is 15.1 Å². The third kappa shape index (κ3) is 6.63. The lowest BCUT2D eigenvalue weighted by atomic mass is 9.81. The van der Waals surface area contributed by atoms with Crippen LogP contribution in [0.1, 0.15) is 81.1 Å². The fraction of sp³-hybridized carbons (Fsp3) is 0.857. The summed E-state index contributed by atoms with van der Waals surface area (Å²) in [4.78, 5) is 28.0. The van der Waals surface area contributed by atoms with Crippen LogP contribution in [0, 0.1) is 0 Å². The van der Waals surface area contributed by atoms with Crippen LogP contribution in [0.4, 0.5) is 0 Å². The Morgan fingerprint density at radius 2 is 1.00 bits per heavy atom. The van der Waals surface area contributed by atoms with Gasteiger partial charge in [0.2, 0.25) is 0 Å². The molecule has 0 atom stereocenters. The Labute approximate surface area is 173 Å². The Kier molecular flexibility index (Phi) is 6.34. The van der Waals surface area contributed by atoms with Gasteiger partial charge in [-0.15, -0.1) is 0 Å². The van der Waals surface area contributed by atoms with Gasteiger partial charge in [0.15, 0.2) is 0 Å². The van der Waals surface area contributed by atoms with Crippen LogP contribution in [0.5, 0.6) is 0 Å². The number of nitrogens with zero attached hydrogens (tertiary/aromatic N) is 2. The predicted molar refractivity (Wildman–Crippen MR) is 109 cm³/mol. The van der Waals surface area contributed by atoms with Crippen LogP contribution in [0.3, 0.4) is 0 Å². The van der Waals surface area contributed by atoms with Crippen LogP contribution in [0.15, 0.2) is 0 Å². The maximum Gasteiger partial charge on any atom is 0.482 e. The molecule has 0 radical (unpaired) electrons. The van der Waals surface area contributed by atoms with E-state index in [1.165, 1.54) is 0 Å². The number of ether oxygens (including phenoxy) is 2. The Bertz CT molecular complexity index is 634. The molecule has 29 heavy (non-hydrogen) atoms. The van der Waals surface area contributed by atoms with Gasteiger partial charge in [-0.05, 0) is 55.4 Å².